The van der Waals surface area contributed by atoms with Crippen molar-refractivity contribution in [2.75, 3.05) is 11.9 Å². The van der Waals surface area contributed by atoms with Gasteiger partial charge < -0.3 is 22.1 Å². The Balaban J connectivity index is 0.00000220. The van der Waals surface area contributed by atoms with E-state index in [1.165, 1.54) is 0 Å². The molecule has 2 rings (SSSR count). The number of halogens is 1. The zero-order chi connectivity index (χ0) is 14.5. The van der Waals surface area contributed by atoms with Crippen molar-refractivity contribution in [3.63, 3.8) is 0 Å². The van der Waals surface area contributed by atoms with Crippen molar-refractivity contribution < 1.29 is 9.59 Å². The predicted octanol–water partition coefficient (Wildman–Crippen LogP) is 1.46. The zero-order valence-corrected chi connectivity index (χ0v) is 12.5. The van der Waals surface area contributed by atoms with E-state index in [9.17, 15) is 9.59 Å². The van der Waals surface area contributed by atoms with E-state index in [4.69, 9.17) is 11.5 Å². The van der Waals surface area contributed by atoms with E-state index >= 15 is 0 Å². The number of primary amides is 1. The van der Waals surface area contributed by atoms with Gasteiger partial charge in [-0.25, -0.2) is 4.79 Å². The zero-order valence-electron chi connectivity index (χ0n) is 11.7. The molecule has 0 aromatic heterocycles. The highest BCUT2D eigenvalue weighted by molar-refractivity contribution is 5.96. The number of carbonyl (C=O) groups excluding carboxylic acids is 2. The molecule has 116 valence electrons. The van der Waals surface area contributed by atoms with Crippen LogP contribution < -0.4 is 22.1 Å². The van der Waals surface area contributed by atoms with Crippen LogP contribution in [0.15, 0.2) is 24.3 Å². The Morgan fingerprint density at radius 1 is 1.29 bits per heavy atom. The molecule has 1 saturated carbocycles. The number of rotatable bonds is 4. The molecule has 2 unspecified atom stereocenters. The van der Waals surface area contributed by atoms with Crippen LogP contribution in [-0.2, 0) is 0 Å². The van der Waals surface area contributed by atoms with Crippen LogP contribution in [0.1, 0.15) is 29.6 Å². The largest absolute Gasteiger partial charge is 0.351 e. The third-order valence-electron chi connectivity index (χ3n) is 3.67. The van der Waals surface area contributed by atoms with E-state index in [1.807, 2.05) is 0 Å². The van der Waals surface area contributed by atoms with E-state index in [-0.39, 0.29) is 24.4 Å². The van der Waals surface area contributed by atoms with Gasteiger partial charge in [-0.15, -0.1) is 12.4 Å². The van der Waals surface area contributed by atoms with Gasteiger partial charge in [-0.05, 0) is 43.5 Å². The molecule has 6 N–H and O–H groups in total. The molecule has 0 heterocycles. The van der Waals surface area contributed by atoms with Crippen molar-refractivity contribution in [3.05, 3.63) is 29.8 Å². The normalized spacial score (nSPS) is 20.4. The van der Waals surface area contributed by atoms with Crippen molar-refractivity contribution in [3.8, 4) is 0 Å². The fourth-order valence-electron chi connectivity index (χ4n) is 2.64. The molecule has 1 fully saturated rings. The Labute approximate surface area is 130 Å². The van der Waals surface area contributed by atoms with Gasteiger partial charge in [0.25, 0.3) is 5.91 Å². The summed E-state index contributed by atoms with van der Waals surface area (Å²) in [6, 6.07) is 6.18. The summed E-state index contributed by atoms with van der Waals surface area (Å²) in [6.45, 7) is 0.591. The van der Waals surface area contributed by atoms with Gasteiger partial charge in [0.15, 0.2) is 0 Å². The summed E-state index contributed by atoms with van der Waals surface area (Å²) < 4.78 is 0. The fourth-order valence-corrected chi connectivity index (χ4v) is 2.64. The fraction of sp³-hybridized carbons (Fsp3) is 0.429. The van der Waals surface area contributed by atoms with Crippen molar-refractivity contribution >= 4 is 30.0 Å². The lowest BCUT2D eigenvalue weighted by Gasteiger charge is -2.19. The van der Waals surface area contributed by atoms with Gasteiger partial charge in [0.2, 0.25) is 0 Å². The topological polar surface area (TPSA) is 110 Å². The van der Waals surface area contributed by atoms with Crippen LogP contribution in [0.5, 0.6) is 0 Å². The Kier molecular flexibility index (Phi) is 6.45. The second-order valence-electron chi connectivity index (χ2n) is 5.08. The van der Waals surface area contributed by atoms with Crippen LogP contribution in [0, 0.1) is 5.92 Å². The number of hydrogen-bond acceptors (Lipinski definition) is 3. The molecule has 21 heavy (non-hydrogen) atoms. The highest BCUT2D eigenvalue weighted by Crippen LogP contribution is 2.25. The maximum Gasteiger partial charge on any atom is 0.316 e. The maximum atomic E-state index is 12.2. The molecule has 3 amide bonds. The number of nitrogens with two attached hydrogens (primary N) is 2. The molecule has 0 bridgehead atoms. The monoisotopic (exact) mass is 312 g/mol. The number of amides is 3. The Bertz CT molecular complexity index is 510. The summed E-state index contributed by atoms with van der Waals surface area (Å²) in [4.78, 5) is 23.0. The first-order valence-electron chi connectivity index (χ1n) is 6.77. The number of anilines is 1. The molecule has 0 saturated heterocycles. The van der Waals surface area contributed by atoms with Crippen molar-refractivity contribution in [1.82, 2.24) is 5.32 Å². The van der Waals surface area contributed by atoms with Crippen LogP contribution in [-0.4, -0.2) is 24.5 Å². The molecule has 6 nitrogen and oxygen atoms in total. The van der Waals surface area contributed by atoms with E-state index in [1.54, 1.807) is 24.3 Å². The summed E-state index contributed by atoms with van der Waals surface area (Å²) >= 11 is 0. The van der Waals surface area contributed by atoms with Crippen LogP contribution in [0.3, 0.4) is 0 Å². The quantitative estimate of drug-likeness (QED) is 0.675. The molecule has 1 aliphatic rings. The van der Waals surface area contributed by atoms with Crippen molar-refractivity contribution in [1.29, 1.82) is 0 Å². The molecule has 0 spiro atoms. The minimum atomic E-state index is -0.651. The summed E-state index contributed by atoms with van der Waals surface area (Å²) in [5.74, 6) is 0.203. The first kappa shape index (κ1) is 17.3. The average Bonchev–Trinajstić information content (AvgIpc) is 2.85. The summed E-state index contributed by atoms with van der Waals surface area (Å²) in [5.41, 5.74) is 11.8. The van der Waals surface area contributed by atoms with E-state index in [0.717, 1.165) is 19.3 Å². The van der Waals surface area contributed by atoms with Gasteiger partial charge in [-0.1, -0.05) is 12.5 Å². The van der Waals surface area contributed by atoms with Gasteiger partial charge in [-0.3, -0.25) is 4.79 Å². The lowest BCUT2D eigenvalue weighted by Crippen LogP contribution is -2.39. The number of benzene rings is 1. The molecule has 1 aromatic carbocycles. The lowest BCUT2D eigenvalue weighted by atomic mass is 10.0. The molecule has 0 radical (unpaired) electrons. The first-order chi connectivity index (χ1) is 9.60. The molecule has 7 heteroatoms. The standard InChI is InChI=1S/C14H20N4O2.ClH/c15-8-10-4-2-6-12(10)18-13(19)9-3-1-5-11(7-9)17-14(16)20;/h1,3,5,7,10,12H,2,4,6,8,15H2,(H,18,19)(H3,16,17,20);1H. The van der Waals surface area contributed by atoms with Crippen LogP contribution in [0.4, 0.5) is 10.5 Å². The van der Waals surface area contributed by atoms with E-state index < -0.39 is 6.03 Å². The van der Waals surface area contributed by atoms with Crippen LogP contribution in [0.25, 0.3) is 0 Å². The third-order valence-corrected chi connectivity index (χ3v) is 3.67. The lowest BCUT2D eigenvalue weighted by molar-refractivity contribution is 0.0929. The third kappa shape index (κ3) is 4.61. The number of hydrogen-bond donors (Lipinski definition) is 4. The average molecular weight is 313 g/mol. The second-order valence-corrected chi connectivity index (χ2v) is 5.08. The SMILES string of the molecule is Cl.NCC1CCCC1NC(=O)c1cccc(NC(N)=O)c1. The molecular formula is C14H21ClN4O2. The maximum absolute atomic E-state index is 12.2. The van der Waals surface area contributed by atoms with Crippen molar-refractivity contribution in [2.45, 2.75) is 25.3 Å². The predicted molar refractivity (Wildman–Crippen MR) is 84.5 cm³/mol. The van der Waals surface area contributed by atoms with Gasteiger partial charge in [0.1, 0.15) is 0 Å². The number of nitrogens with one attached hydrogen (secondary N) is 2. The molecule has 2 atom stereocenters. The first-order valence-corrected chi connectivity index (χ1v) is 6.77. The number of carbonyl (C=O) groups is 2. The summed E-state index contributed by atoms with van der Waals surface area (Å²) in [6.07, 6.45) is 3.12. The van der Waals surface area contributed by atoms with E-state index in [2.05, 4.69) is 10.6 Å². The smallest absolute Gasteiger partial charge is 0.316 e. The molecule has 1 aliphatic carbocycles. The highest BCUT2D eigenvalue weighted by atomic mass is 35.5. The number of urea groups is 1. The second kappa shape index (κ2) is 7.85. The van der Waals surface area contributed by atoms with Gasteiger partial charge >= 0.3 is 6.03 Å². The van der Waals surface area contributed by atoms with Crippen molar-refractivity contribution in [2.24, 2.45) is 17.4 Å². The van der Waals surface area contributed by atoms with Gasteiger partial charge in [0, 0.05) is 17.3 Å². The Morgan fingerprint density at radius 2 is 2.05 bits per heavy atom. The Morgan fingerprint density at radius 3 is 2.71 bits per heavy atom. The minimum Gasteiger partial charge on any atom is -0.351 e. The minimum absolute atomic E-state index is 0. The van der Waals surface area contributed by atoms with Gasteiger partial charge in [-0.2, -0.15) is 0 Å². The summed E-state index contributed by atoms with van der Waals surface area (Å²) in [7, 11) is 0. The highest BCUT2D eigenvalue weighted by Gasteiger charge is 2.27. The Hall–Kier alpha value is -1.79. The molecule has 1 aromatic rings. The molecular weight excluding hydrogens is 292 g/mol. The summed E-state index contributed by atoms with van der Waals surface area (Å²) in [5, 5.41) is 5.47. The van der Waals surface area contributed by atoms with Crippen LogP contribution in [0.2, 0.25) is 0 Å². The van der Waals surface area contributed by atoms with Crippen LogP contribution >= 0.6 is 12.4 Å². The van der Waals surface area contributed by atoms with E-state index in [0.29, 0.717) is 23.7 Å². The molecule has 0 aliphatic heterocycles. The van der Waals surface area contributed by atoms with Gasteiger partial charge in [0.05, 0.1) is 0 Å².